The fraction of sp³-hybridized carbons (Fsp3) is 0.209. The summed E-state index contributed by atoms with van der Waals surface area (Å²) in [5, 5.41) is 0.736. The molecule has 1 N–H and O–H groups in total. The quantitative estimate of drug-likeness (QED) is 0.178. The molecule has 0 saturated carbocycles. The predicted molar refractivity (Wildman–Crippen MR) is 212 cm³/mol. The Balaban J connectivity index is 1.07. The molecule has 0 radical (unpaired) electrons. The van der Waals surface area contributed by atoms with Crippen LogP contribution in [0.4, 0.5) is 5.69 Å². The van der Waals surface area contributed by atoms with Gasteiger partial charge in [0.25, 0.3) is 15.9 Å². The predicted octanol–water partition coefficient (Wildman–Crippen LogP) is 7.80. The molecule has 1 aliphatic carbocycles. The fourth-order valence-electron chi connectivity index (χ4n) is 6.16. The van der Waals surface area contributed by atoms with Crippen molar-refractivity contribution in [2.45, 2.75) is 24.8 Å². The number of piperazine rings is 1. The number of aromatic nitrogens is 1. The Bertz CT molecular complexity index is 2240. The zero-order chi connectivity index (χ0) is 37.2. The Hall–Kier alpha value is -5.71. The molecule has 6 rings (SSSR count). The summed E-state index contributed by atoms with van der Waals surface area (Å²) in [7, 11) is -2.28. The van der Waals surface area contributed by atoms with Gasteiger partial charge in [-0.3, -0.25) is 19.4 Å². The molecule has 53 heavy (non-hydrogen) atoms. The molecular formula is C43H44N4O5S. The first kappa shape index (κ1) is 37.1. The molecule has 1 fully saturated rings. The van der Waals surface area contributed by atoms with Crippen LogP contribution in [0.3, 0.4) is 0 Å². The minimum Gasteiger partial charge on any atom is -0.497 e. The topological polar surface area (TPSA) is 101 Å². The number of hydrogen-bond donors (Lipinski definition) is 1. The van der Waals surface area contributed by atoms with Crippen molar-refractivity contribution in [3.63, 3.8) is 0 Å². The molecular weight excluding hydrogens is 685 g/mol. The Morgan fingerprint density at radius 1 is 0.925 bits per heavy atom. The van der Waals surface area contributed by atoms with E-state index in [1.807, 2.05) is 83.8 Å². The first-order valence-electron chi connectivity index (χ1n) is 17.5. The van der Waals surface area contributed by atoms with Gasteiger partial charge >= 0.3 is 0 Å². The molecule has 1 aromatic heterocycles. The summed E-state index contributed by atoms with van der Waals surface area (Å²) >= 11 is 0. The Labute approximate surface area is 312 Å². The van der Waals surface area contributed by atoms with Gasteiger partial charge in [-0.15, -0.1) is 0 Å². The maximum atomic E-state index is 13.6. The number of sulfonamides is 1. The van der Waals surface area contributed by atoms with Crippen LogP contribution in [0.5, 0.6) is 11.5 Å². The lowest BCUT2D eigenvalue weighted by molar-refractivity contribution is 0.0627. The molecule has 10 heteroatoms. The van der Waals surface area contributed by atoms with Gasteiger partial charge in [0, 0.05) is 61.5 Å². The molecule has 1 aliphatic heterocycles. The van der Waals surface area contributed by atoms with E-state index < -0.39 is 10.0 Å². The molecule has 9 nitrogen and oxygen atoms in total. The second-order valence-corrected chi connectivity index (χ2v) is 14.6. The molecule has 1 amide bonds. The van der Waals surface area contributed by atoms with Crippen molar-refractivity contribution in [1.29, 1.82) is 0 Å². The SMILES string of the molecule is C=C1C=C\C=C/C(COc2cc(OC)ccc2CN2CCN(C(=O)c3ccc(NS(=O)(=O)c4cccc5cccnc45)c(C)c3)CC2)=C/C=C/C=C\C1. The zero-order valence-corrected chi connectivity index (χ0v) is 30.9. The van der Waals surface area contributed by atoms with E-state index in [4.69, 9.17) is 9.47 Å². The van der Waals surface area contributed by atoms with Gasteiger partial charge in [0.05, 0.1) is 18.3 Å². The lowest BCUT2D eigenvalue weighted by atomic mass is 10.1. The lowest BCUT2D eigenvalue weighted by Crippen LogP contribution is -2.48. The van der Waals surface area contributed by atoms with E-state index in [1.165, 1.54) is 6.07 Å². The van der Waals surface area contributed by atoms with E-state index in [9.17, 15) is 13.2 Å². The lowest BCUT2D eigenvalue weighted by Gasteiger charge is -2.35. The average Bonchev–Trinajstić information content (AvgIpc) is 3.16. The second kappa shape index (κ2) is 17.2. The third-order valence-electron chi connectivity index (χ3n) is 9.13. The van der Waals surface area contributed by atoms with E-state index in [0.717, 1.165) is 34.3 Å². The number of anilines is 1. The summed E-state index contributed by atoms with van der Waals surface area (Å²) in [6.07, 6.45) is 20.6. The third-order valence-corrected chi connectivity index (χ3v) is 10.5. The molecule has 4 aromatic rings. The number of methoxy groups -OCH3 is 1. The molecule has 2 heterocycles. The number of hydrogen-bond acceptors (Lipinski definition) is 7. The van der Waals surface area contributed by atoms with Gasteiger partial charge in [-0.25, -0.2) is 8.42 Å². The standard InChI is InChI=1S/C43H44N4O5S/c1-32-12-6-4-5-7-14-34(15-9-8-13-32)31-52-40-29-38(51-3)21-19-37(40)30-46-24-26-47(27-25-46)43(48)36-20-22-39(33(2)28-36)45-53(49,50)41-18-10-16-35-17-11-23-44-42(35)41/h4-11,13-23,28-29,45H,1,12,24-27,30-31H2,2-3H3/b6-4-,7-5+,13-8?,15-9-,34-14-. The number of rotatable bonds is 10. The maximum absolute atomic E-state index is 13.6. The van der Waals surface area contributed by atoms with E-state index in [2.05, 4.69) is 27.3 Å². The fourth-order valence-corrected chi connectivity index (χ4v) is 7.47. The van der Waals surface area contributed by atoms with Gasteiger partial charge in [0.2, 0.25) is 0 Å². The van der Waals surface area contributed by atoms with Gasteiger partial charge < -0.3 is 14.4 Å². The molecule has 3 aromatic carbocycles. The van der Waals surface area contributed by atoms with Gasteiger partial charge in [-0.2, -0.15) is 0 Å². The highest BCUT2D eigenvalue weighted by atomic mass is 32.2. The van der Waals surface area contributed by atoms with E-state index in [0.29, 0.717) is 67.4 Å². The number of amides is 1. The number of aryl methyl sites for hydroxylation is 1. The first-order valence-corrected chi connectivity index (χ1v) is 19.0. The summed E-state index contributed by atoms with van der Waals surface area (Å²) < 4.78 is 41.3. The van der Waals surface area contributed by atoms with Gasteiger partial charge in [0.15, 0.2) is 0 Å². The highest BCUT2D eigenvalue weighted by Gasteiger charge is 2.25. The molecule has 0 spiro atoms. The number of ether oxygens (including phenoxy) is 2. The number of fused-ring (bicyclic) bond motifs is 1. The second-order valence-electron chi connectivity index (χ2n) is 12.9. The Morgan fingerprint density at radius 3 is 2.55 bits per heavy atom. The van der Waals surface area contributed by atoms with Crippen LogP contribution in [0.25, 0.3) is 10.9 Å². The van der Waals surface area contributed by atoms with Gasteiger partial charge in [0.1, 0.15) is 23.0 Å². The number of para-hydroxylation sites is 1. The van der Waals surface area contributed by atoms with E-state index >= 15 is 0 Å². The van der Waals surface area contributed by atoms with Crippen LogP contribution in [0.1, 0.15) is 27.9 Å². The third kappa shape index (κ3) is 9.59. The van der Waals surface area contributed by atoms with Crippen LogP contribution >= 0.6 is 0 Å². The number of benzene rings is 3. The number of carbonyl (C=O) groups excluding carboxylic acids is 1. The van der Waals surface area contributed by atoms with E-state index in [1.54, 1.807) is 50.6 Å². The van der Waals surface area contributed by atoms with Crippen molar-refractivity contribution in [3.05, 3.63) is 162 Å². The maximum Gasteiger partial charge on any atom is 0.264 e. The average molecular weight is 729 g/mol. The number of pyridine rings is 1. The summed E-state index contributed by atoms with van der Waals surface area (Å²) in [5.74, 6) is 1.38. The highest BCUT2D eigenvalue weighted by molar-refractivity contribution is 7.93. The highest BCUT2D eigenvalue weighted by Crippen LogP contribution is 2.28. The van der Waals surface area contributed by atoms with Crippen LogP contribution in [0.2, 0.25) is 0 Å². The van der Waals surface area contributed by atoms with Crippen LogP contribution in [-0.2, 0) is 16.6 Å². The normalized spacial score (nSPS) is 18.3. The zero-order valence-electron chi connectivity index (χ0n) is 30.1. The van der Waals surface area contributed by atoms with Crippen molar-refractivity contribution in [3.8, 4) is 11.5 Å². The number of nitrogens with one attached hydrogen (secondary N) is 1. The summed E-state index contributed by atoms with van der Waals surface area (Å²) in [4.78, 5) is 22.1. The summed E-state index contributed by atoms with van der Waals surface area (Å²) in [5.41, 5.74) is 5.05. The molecule has 0 bridgehead atoms. The van der Waals surface area contributed by atoms with Crippen LogP contribution < -0.4 is 14.2 Å². The number of allylic oxidation sites excluding steroid dienone is 9. The van der Waals surface area contributed by atoms with E-state index in [-0.39, 0.29) is 10.8 Å². The van der Waals surface area contributed by atoms with Crippen LogP contribution in [0, 0.1) is 6.92 Å². The Morgan fingerprint density at radius 2 is 1.74 bits per heavy atom. The van der Waals surface area contributed by atoms with Crippen LogP contribution in [0.15, 0.2) is 150 Å². The minimum absolute atomic E-state index is 0.0871. The van der Waals surface area contributed by atoms with Crippen molar-refractivity contribution in [2.75, 3.05) is 44.6 Å². The van der Waals surface area contributed by atoms with Crippen molar-refractivity contribution < 1.29 is 22.7 Å². The van der Waals surface area contributed by atoms with Gasteiger partial charge in [-0.1, -0.05) is 91.1 Å². The van der Waals surface area contributed by atoms with Crippen molar-refractivity contribution >= 4 is 32.5 Å². The molecule has 0 unspecified atom stereocenters. The first-order chi connectivity index (χ1) is 25.7. The van der Waals surface area contributed by atoms with Crippen molar-refractivity contribution in [2.24, 2.45) is 0 Å². The minimum atomic E-state index is -3.92. The smallest absolute Gasteiger partial charge is 0.264 e. The number of nitrogens with zero attached hydrogens (tertiary/aromatic N) is 3. The largest absolute Gasteiger partial charge is 0.497 e. The van der Waals surface area contributed by atoms with Crippen LogP contribution in [-0.4, -0.2) is 69.0 Å². The molecule has 0 atom stereocenters. The monoisotopic (exact) mass is 728 g/mol. The Kier molecular flexibility index (Phi) is 12.0. The van der Waals surface area contributed by atoms with Gasteiger partial charge in [-0.05, 0) is 60.9 Å². The molecule has 2 aliphatic rings. The number of carbonyl (C=O) groups is 1. The molecule has 272 valence electrons. The summed E-state index contributed by atoms with van der Waals surface area (Å²) in [6.45, 7) is 9.41. The summed E-state index contributed by atoms with van der Waals surface area (Å²) in [6, 6.07) is 19.6. The van der Waals surface area contributed by atoms with Crippen molar-refractivity contribution in [1.82, 2.24) is 14.8 Å². The molecule has 1 saturated heterocycles.